The molecule has 0 heterocycles. The Labute approximate surface area is 125 Å². The zero-order chi connectivity index (χ0) is 14.9. The summed E-state index contributed by atoms with van der Waals surface area (Å²) in [4.78, 5) is 0.344. The molecule has 0 aromatic heterocycles. The van der Waals surface area contributed by atoms with Crippen LogP contribution in [0.25, 0.3) is 10.8 Å². The molecule has 1 aliphatic rings. The van der Waals surface area contributed by atoms with E-state index >= 15 is 0 Å². The minimum Gasteiger partial charge on any atom is -0.207 e. The quantitative estimate of drug-likeness (QED) is 0.796. The molecule has 1 saturated carbocycles. The van der Waals surface area contributed by atoms with E-state index in [0.29, 0.717) is 17.4 Å². The molecule has 0 bridgehead atoms. The Balaban J connectivity index is 2.08. The average Bonchev–Trinajstić information content (AvgIpc) is 3.30. The third kappa shape index (κ3) is 2.80. The van der Waals surface area contributed by atoms with Crippen molar-refractivity contribution in [2.75, 3.05) is 13.1 Å². The van der Waals surface area contributed by atoms with Crippen LogP contribution in [-0.4, -0.2) is 25.8 Å². The lowest BCUT2D eigenvalue weighted by molar-refractivity contribution is 0.430. The number of benzene rings is 2. The van der Waals surface area contributed by atoms with E-state index in [1.54, 1.807) is 12.1 Å². The summed E-state index contributed by atoms with van der Waals surface area (Å²) in [6.07, 6.45) is 7.54. The van der Waals surface area contributed by atoms with E-state index in [9.17, 15) is 8.42 Å². The van der Waals surface area contributed by atoms with Crippen LogP contribution < -0.4 is 0 Å². The fourth-order valence-electron chi connectivity index (χ4n) is 2.50. The van der Waals surface area contributed by atoms with Crippen LogP contribution in [0.2, 0.25) is 0 Å². The molecule has 0 aliphatic heterocycles. The Hall–Kier alpha value is -1.83. The number of nitrogens with zero attached hydrogens (tertiary/aromatic N) is 1. The van der Waals surface area contributed by atoms with Crippen LogP contribution in [0.4, 0.5) is 0 Å². The van der Waals surface area contributed by atoms with Crippen LogP contribution in [0, 0.1) is 18.3 Å². The zero-order valence-electron chi connectivity index (χ0n) is 11.7. The van der Waals surface area contributed by atoms with E-state index < -0.39 is 10.0 Å². The van der Waals surface area contributed by atoms with Crippen LogP contribution in [0.5, 0.6) is 0 Å². The van der Waals surface area contributed by atoms with Crippen molar-refractivity contribution in [2.24, 2.45) is 5.92 Å². The molecule has 0 atom stereocenters. The average molecular weight is 299 g/mol. The van der Waals surface area contributed by atoms with Gasteiger partial charge in [-0.25, -0.2) is 8.42 Å². The highest BCUT2D eigenvalue weighted by Gasteiger charge is 2.31. The lowest BCUT2D eigenvalue weighted by Gasteiger charge is -2.20. The Kier molecular flexibility index (Phi) is 3.71. The van der Waals surface area contributed by atoms with E-state index in [0.717, 1.165) is 23.6 Å². The largest absolute Gasteiger partial charge is 0.244 e. The molecular weight excluding hydrogens is 282 g/mol. The summed E-state index contributed by atoms with van der Waals surface area (Å²) in [7, 11) is -3.55. The molecule has 1 fully saturated rings. The van der Waals surface area contributed by atoms with Crippen molar-refractivity contribution in [1.29, 1.82) is 0 Å². The van der Waals surface area contributed by atoms with E-state index in [1.807, 2.05) is 30.3 Å². The Morgan fingerprint density at radius 3 is 2.57 bits per heavy atom. The topological polar surface area (TPSA) is 37.4 Å². The second-order valence-electron chi connectivity index (χ2n) is 5.42. The highest BCUT2D eigenvalue weighted by Crippen LogP contribution is 2.32. The van der Waals surface area contributed by atoms with Crippen LogP contribution in [0.1, 0.15) is 12.8 Å². The second-order valence-corrected chi connectivity index (χ2v) is 7.33. The van der Waals surface area contributed by atoms with Crippen LogP contribution >= 0.6 is 0 Å². The van der Waals surface area contributed by atoms with Crippen molar-refractivity contribution in [3.63, 3.8) is 0 Å². The van der Waals surface area contributed by atoms with Crippen molar-refractivity contribution in [3.8, 4) is 12.3 Å². The molecule has 0 radical (unpaired) electrons. The fourth-order valence-corrected chi connectivity index (χ4v) is 4.14. The standard InChI is InChI=1S/C17H17NO2S/c1-2-12-18(13-14-10-11-14)21(19,20)17-9-5-7-15-6-3-4-8-16(15)17/h1,3-9,14H,10-13H2. The first-order chi connectivity index (χ1) is 10.1. The van der Waals surface area contributed by atoms with Crippen LogP contribution in [0.15, 0.2) is 47.4 Å². The highest BCUT2D eigenvalue weighted by atomic mass is 32.2. The molecule has 0 N–H and O–H groups in total. The molecule has 3 nitrogen and oxygen atoms in total. The Morgan fingerprint density at radius 2 is 1.86 bits per heavy atom. The van der Waals surface area contributed by atoms with Crippen molar-refractivity contribution in [1.82, 2.24) is 4.31 Å². The van der Waals surface area contributed by atoms with Gasteiger partial charge in [0.1, 0.15) is 0 Å². The number of terminal acetylenes is 1. The van der Waals surface area contributed by atoms with E-state index in [-0.39, 0.29) is 6.54 Å². The second kappa shape index (κ2) is 5.51. The first-order valence-corrected chi connectivity index (χ1v) is 8.48. The monoisotopic (exact) mass is 299 g/mol. The van der Waals surface area contributed by atoms with Gasteiger partial charge >= 0.3 is 0 Å². The molecule has 108 valence electrons. The maximum atomic E-state index is 12.9. The van der Waals surface area contributed by atoms with Gasteiger partial charge in [0.2, 0.25) is 10.0 Å². The summed E-state index contributed by atoms with van der Waals surface area (Å²) in [5.41, 5.74) is 0. The summed E-state index contributed by atoms with van der Waals surface area (Å²) < 4.78 is 27.3. The SMILES string of the molecule is C#CCN(CC1CC1)S(=O)(=O)c1cccc2ccccc12. The van der Waals surface area contributed by atoms with Gasteiger partial charge in [0, 0.05) is 11.9 Å². The first-order valence-electron chi connectivity index (χ1n) is 7.04. The third-order valence-electron chi connectivity index (χ3n) is 3.79. The lowest BCUT2D eigenvalue weighted by Crippen LogP contribution is -2.33. The maximum absolute atomic E-state index is 12.9. The predicted octanol–water partition coefficient (Wildman–Crippen LogP) is 2.87. The van der Waals surface area contributed by atoms with E-state index in [4.69, 9.17) is 6.42 Å². The molecule has 0 saturated heterocycles. The van der Waals surface area contributed by atoms with Gasteiger partial charge in [-0.1, -0.05) is 42.3 Å². The Morgan fingerprint density at radius 1 is 1.14 bits per heavy atom. The van der Waals surface area contributed by atoms with Crippen molar-refractivity contribution >= 4 is 20.8 Å². The smallest absolute Gasteiger partial charge is 0.207 e. The van der Waals surface area contributed by atoms with Gasteiger partial charge in [0.05, 0.1) is 11.4 Å². The summed E-state index contributed by atoms with van der Waals surface area (Å²) >= 11 is 0. The summed E-state index contributed by atoms with van der Waals surface area (Å²) in [6, 6.07) is 12.9. The normalized spacial score (nSPS) is 15.2. The van der Waals surface area contributed by atoms with Gasteiger partial charge < -0.3 is 0 Å². The third-order valence-corrected chi connectivity index (χ3v) is 5.66. The number of hydrogen-bond donors (Lipinski definition) is 0. The maximum Gasteiger partial charge on any atom is 0.244 e. The van der Waals surface area contributed by atoms with Crippen molar-refractivity contribution < 1.29 is 8.42 Å². The number of rotatable bonds is 5. The molecule has 0 spiro atoms. The van der Waals surface area contributed by atoms with E-state index in [1.165, 1.54) is 4.31 Å². The lowest BCUT2D eigenvalue weighted by atomic mass is 10.1. The number of sulfonamides is 1. The van der Waals surface area contributed by atoms with Gasteiger partial charge in [-0.2, -0.15) is 4.31 Å². The van der Waals surface area contributed by atoms with Gasteiger partial charge in [-0.05, 0) is 30.2 Å². The molecular formula is C17H17NO2S. The van der Waals surface area contributed by atoms with Gasteiger partial charge in [-0.3, -0.25) is 0 Å². The van der Waals surface area contributed by atoms with E-state index in [2.05, 4.69) is 5.92 Å². The minimum absolute atomic E-state index is 0.127. The summed E-state index contributed by atoms with van der Waals surface area (Å²) in [5.74, 6) is 2.93. The zero-order valence-corrected chi connectivity index (χ0v) is 12.5. The van der Waals surface area contributed by atoms with Gasteiger partial charge in [0.25, 0.3) is 0 Å². The van der Waals surface area contributed by atoms with Crippen LogP contribution in [0.3, 0.4) is 0 Å². The Bertz CT molecular complexity index is 796. The molecule has 0 amide bonds. The predicted molar refractivity (Wildman–Crippen MR) is 84.3 cm³/mol. The molecule has 2 aromatic rings. The van der Waals surface area contributed by atoms with Crippen molar-refractivity contribution in [2.45, 2.75) is 17.7 Å². The summed E-state index contributed by atoms with van der Waals surface area (Å²) in [5, 5.41) is 1.67. The van der Waals surface area contributed by atoms with Crippen LogP contribution in [-0.2, 0) is 10.0 Å². The molecule has 0 unspecified atom stereocenters. The first kappa shape index (κ1) is 14.1. The molecule has 2 aromatic carbocycles. The number of fused-ring (bicyclic) bond motifs is 1. The molecule has 4 heteroatoms. The highest BCUT2D eigenvalue weighted by molar-refractivity contribution is 7.89. The van der Waals surface area contributed by atoms with Gasteiger partial charge in [0.15, 0.2) is 0 Å². The molecule has 3 rings (SSSR count). The molecule has 1 aliphatic carbocycles. The fraction of sp³-hybridized carbons (Fsp3) is 0.294. The van der Waals surface area contributed by atoms with Gasteiger partial charge in [-0.15, -0.1) is 6.42 Å². The van der Waals surface area contributed by atoms with Crippen molar-refractivity contribution in [3.05, 3.63) is 42.5 Å². The minimum atomic E-state index is -3.55. The number of hydrogen-bond acceptors (Lipinski definition) is 2. The molecule has 21 heavy (non-hydrogen) atoms. The summed E-state index contributed by atoms with van der Waals surface area (Å²) in [6.45, 7) is 0.651.